The van der Waals surface area contributed by atoms with E-state index in [0.29, 0.717) is 12.0 Å². The number of hydrogen-bond acceptors (Lipinski definition) is 4. The number of amides is 1. The van der Waals surface area contributed by atoms with Gasteiger partial charge in [-0.2, -0.15) is 0 Å². The summed E-state index contributed by atoms with van der Waals surface area (Å²) in [6.07, 6.45) is 3.55. The molecule has 0 N–H and O–H groups in total. The van der Waals surface area contributed by atoms with Crippen molar-refractivity contribution in [1.82, 2.24) is 9.88 Å². The van der Waals surface area contributed by atoms with E-state index < -0.39 is 0 Å². The van der Waals surface area contributed by atoms with Crippen LogP contribution in [0.1, 0.15) is 29.6 Å². The van der Waals surface area contributed by atoms with Crippen LogP contribution in [-0.2, 0) is 4.74 Å². The van der Waals surface area contributed by atoms with Crippen molar-refractivity contribution in [1.29, 1.82) is 0 Å². The first-order valence-corrected chi connectivity index (χ1v) is 9.11. The summed E-state index contributed by atoms with van der Waals surface area (Å²) >= 11 is 0. The molecule has 2 atom stereocenters. The lowest BCUT2D eigenvalue weighted by Gasteiger charge is -2.41. The first kappa shape index (κ1) is 16.3. The summed E-state index contributed by atoms with van der Waals surface area (Å²) in [5.74, 6) is 1.41. The SMILES string of the molecule is CN(C)c1cc(C(=O)N2CC[C@@H]3OCCC[C@@H]3C2)c2ccccc2n1. The average Bonchev–Trinajstić information content (AvgIpc) is 2.66. The number of hydrogen-bond donors (Lipinski definition) is 0. The molecule has 0 spiro atoms. The van der Waals surface area contributed by atoms with Crippen molar-refractivity contribution in [3.05, 3.63) is 35.9 Å². The standard InChI is InChI=1S/C20H25N3O2/c1-22(2)19-12-16(15-7-3-4-8-17(15)21-19)20(24)23-10-9-18-14(13-23)6-5-11-25-18/h3-4,7-8,12,14,18H,5-6,9-11,13H2,1-2H3/t14-,18+/m1/s1. The van der Waals surface area contributed by atoms with E-state index in [-0.39, 0.29) is 5.91 Å². The van der Waals surface area contributed by atoms with Crippen LogP contribution in [0.2, 0.25) is 0 Å². The van der Waals surface area contributed by atoms with Gasteiger partial charge in [0.05, 0.1) is 17.2 Å². The summed E-state index contributed by atoms with van der Waals surface area (Å²) < 4.78 is 5.88. The van der Waals surface area contributed by atoms with E-state index in [1.54, 1.807) is 0 Å². The van der Waals surface area contributed by atoms with Crippen molar-refractivity contribution in [2.45, 2.75) is 25.4 Å². The summed E-state index contributed by atoms with van der Waals surface area (Å²) in [7, 11) is 3.91. The fourth-order valence-corrected chi connectivity index (χ4v) is 4.01. The molecule has 0 aliphatic carbocycles. The Morgan fingerprint density at radius 2 is 2.12 bits per heavy atom. The van der Waals surface area contributed by atoms with E-state index in [0.717, 1.165) is 61.2 Å². The first-order valence-electron chi connectivity index (χ1n) is 9.11. The van der Waals surface area contributed by atoms with Crippen molar-refractivity contribution >= 4 is 22.6 Å². The van der Waals surface area contributed by atoms with Gasteiger partial charge in [0.1, 0.15) is 5.82 Å². The molecule has 2 saturated heterocycles. The number of anilines is 1. The monoisotopic (exact) mass is 339 g/mol. The lowest BCUT2D eigenvalue weighted by atomic mass is 9.88. The average molecular weight is 339 g/mol. The number of carbonyl (C=O) groups is 1. The van der Waals surface area contributed by atoms with Crippen LogP contribution in [0.3, 0.4) is 0 Å². The summed E-state index contributed by atoms with van der Waals surface area (Å²) in [5, 5.41) is 0.931. The van der Waals surface area contributed by atoms with E-state index in [2.05, 4.69) is 4.98 Å². The second kappa shape index (κ2) is 6.64. The second-order valence-electron chi connectivity index (χ2n) is 7.29. The smallest absolute Gasteiger partial charge is 0.254 e. The van der Waals surface area contributed by atoms with Crippen molar-refractivity contribution in [3.63, 3.8) is 0 Å². The predicted octanol–water partition coefficient (Wildman–Crippen LogP) is 2.94. The van der Waals surface area contributed by atoms with E-state index in [1.807, 2.05) is 54.2 Å². The molecular weight excluding hydrogens is 314 g/mol. The fraction of sp³-hybridized carbons (Fsp3) is 0.500. The Labute approximate surface area is 148 Å². The number of fused-ring (bicyclic) bond motifs is 2. The molecule has 0 bridgehead atoms. The molecule has 2 aliphatic rings. The van der Waals surface area contributed by atoms with Crippen LogP contribution < -0.4 is 4.90 Å². The number of pyridine rings is 1. The lowest BCUT2D eigenvalue weighted by Crippen LogP contribution is -2.48. The van der Waals surface area contributed by atoms with E-state index in [4.69, 9.17) is 4.74 Å². The van der Waals surface area contributed by atoms with Crippen molar-refractivity contribution in [2.24, 2.45) is 5.92 Å². The Bertz CT molecular complexity index is 790. The molecule has 2 aliphatic heterocycles. The molecular formula is C20H25N3O2. The number of nitrogens with zero attached hydrogens (tertiary/aromatic N) is 3. The highest BCUT2D eigenvalue weighted by Gasteiger charge is 2.34. The maximum atomic E-state index is 13.3. The van der Waals surface area contributed by atoms with E-state index in [9.17, 15) is 4.79 Å². The van der Waals surface area contributed by atoms with E-state index >= 15 is 0 Å². The molecule has 5 nitrogen and oxygen atoms in total. The van der Waals surface area contributed by atoms with Crippen molar-refractivity contribution in [2.75, 3.05) is 38.7 Å². The molecule has 2 aromatic rings. The summed E-state index contributed by atoms with van der Waals surface area (Å²) in [5.41, 5.74) is 1.62. The summed E-state index contributed by atoms with van der Waals surface area (Å²) in [4.78, 5) is 21.9. The zero-order valence-corrected chi connectivity index (χ0v) is 14.9. The minimum atomic E-state index is 0.116. The number of carbonyl (C=O) groups excluding carboxylic acids is 1. The van der Waals surface area contributed by atoms with Gasteiger partial charge in [0.25, 0.3) is 5.91 Å². The van der Waals surface area contributed by atoms with Crippen LogP contribution in [0.5, 0.6) is 0 Å². The highest BCUT2D eigenvalue weighted by atomic mass is 16.5. The molecule has 1 aromatic heterocycles. The summed E-state index contributed by atoms with van der Waals surface area (Å²) in [6.45, 7) is 2.45. The molecule has 1 amide bonds. The number of aromatic nitrogens is 1. The van der Waals surface area contributed by atoms with Crippen LogP contribution in [0.25, 0.3) is 10.9 Å². The third-order valence-electron chi connectivity index (χ3n) is 5.39. The molecule has 25 heavy (non-hydrogen) atoms. The molecule has 4 rings (SSSR count). The quantitative estimate of drug-likeness (QED) is 0.844. The van der Waals surface area contributed by atoms with Crippen LogP contribution >= 0.6 is 0 Å². The van der Waals surface area contributed by atoms with Gasteiger partial charge >= 0.3 is 0 Å². The molecule has 3 heterocycles. The fourth-order valence-electron chi connectivity index (χ4n) is 4.01. The second-order valence-corrected chi connectivity index (χ2v) is 7.29. The van der Waals surface area contributed by atoms with Gasteiger partial charge in [0.2, 0.25) is 0 Å². The van der Waals surface area contributed by atoms with Gasteiger partial charge in [-0.05, 0) is 31.4 Å². The van der Waals surface area contributed by atoms with E-state index in [1.165, 1.54) is 0 Å². The first-order chi connectivity index (χ1) is 12.1. The van der Waals surface area contributed by atoms with Gasteiger partial charge in [-0.25, -0.2) is 4.98 Å². The molecule has 0 saturated carbocycles. The number of benzene rings is 1. The normalized spacial score (nSPS) is 23.4. The Balaban J connectivity index is 1.67. The zero-order chi connectivity index (χ0) is 17.4. The zero-order valence-electron chi connectivity index (χ0n) is 14.9. The van der Waals surface area contributed by atoms with Crippen LogP contribution in [-0.4, -0.2) is 55.7 Å². The van der Waals surface area contributed by atoms with Gasteiger partial charge in [0, 0.05) is 45.1 Å². The Morgan fingerprint density at radius 1 is 1.28 bits per heavy atom. The van der Waals surface area contributed by atoms with Crippen LogP contribution in [0, 0.1) is 5.92 Å². The minimum Gasteiger partial charge on any atom is -0.378 e. The number of likely N-dealkylation sites (tertiary alicyclic amines) is 1. The van der Waals surface area contributed by atoms with Gasteiger partial charge < -0.3 is 14.5 Å². The molecule has 132 valence electrons. The highest BCUT2D eigenvalue weighted by molar-refractivity contribution is 6.07. The van der Waals surface area contributed by atoms with Gasteiger partial charge in [0.15, 0.2) is 0 Å². The predicted molar refractivity (Wildman–Crippen MR) is 99.1 cm³/mol. The van der Waals surface area contributed by atoms with Crippen molar-refractivity contribution < 1.29 is 9.53 Å². The van der Waals surface area contributed by atoms with Gasteiger partial charge in [-0.1, -0.05) is 18.2 Å². The molecule has 5 heteroatoms. The Kier molecular flexibility index (Phi) is 4.34. The third-order valence-corrected chi connectivity index (χ3v) is 5.39. The van der Waals surface area contributed by atoms with Crippen molar-refractivity contribution in [3.8, 4) is 0 Å². The Hall–Kier alpha value is -2.14. The molecule has 1 aromatic carbocycles. The van der Waals surface area contributed by atoms with Gasteiger partial charge in [-0.15, -0.1) is 0 Å². The van der Waals surface area contributed by atoms with Crippen LogP contribution in [0.15, 0.2) is 30.3 Å². The number of rotatable bonds is 2. The Morgan fingerprint density at radius 3 is 2.96 bits per heavy atom. The maximum absolute atomic E-state index is 13.3. The molecule has 0 unspecified atom stereocenters. The topological polar surface area (TPSA) is 45.7 Å². The number of piperidine rings is 1. The van der Waals surface area contributed by atoms with Gasteiger partial charge in [-0.3, -0.25) is 4.79 Å². The molecule has 0 radical (unpaired) electrons. The lowest BCUT2D eigenvalue weighted by molar-refractivity contribution is -0.0606. The van der Waals surface area contributed by atoms with Crippen LogP contribution in [0.4, 0.5) is 5.82 Å². The number of ether oxygens (including phenoxy) is 1. The third kappa shape index (κ3) is 3.09. The maximum Gasteiger partial charge on any atom is 0.254 e. The molecule has 2 fully saturated rings. The minimum absolute atomic E-state index is 0.116. The number of para-hydroxylation sites is 1. The highest BCUT2D eigenvalue weighted by Crippen LogP contribution is 2.30. The summed E-state index contributed by atoms with van der Waals surface area (Å²) in [6, 6.07) is 9.82. The largest absolute Gasteiger partial charge is 0.378 e.